The van der Waals surface area contributed by atoms with Gasteiger partial charge in [0.05, 0.1) is 0 Å². The van der Waals surface area contributed by atoms with Crippen LogP contribution < -0.4 is 0 Å². The molecule has 0 saturated carbocycles. The second kappa shape index (κ2) is 4.87. The number of carboxylic acids is 1. The van der Waals surface area contributed by atoms with Gasteiger partial charge in [-0.05, 0) is 40.3 Å². The minimum Gasteiger partial charge on any atom is -0.480 e. The van der Waals surface area contributed by atoms with E-state index in [1.807, 2.05) is 12.1 Å². The summed E-state index contributed by atoms with van der Waals surface area (Å²) in [5.41, 5.74) is 0. The zero-order chi connectivity index (χ0) is 14.8. The van der Waals surface area contributed by atoms with Crippen LogP contribution in [-0.4, -0.2) is 26.8 Å². The van der Waals surface area contributed by atoms with Crippen LogP contribution in [0.15, 0.2) is 70.5 Å². The van der Waals surface area contributed by atoms with E-state index in [1.54, 1.807) is 54.8 Å². The first-order valence-electron chi connectivity index (χ1n) is 6.33. The Labute approximate surface area is 118 Å². The van der Waals surface area contributed by atoms with E-state index in [4.69, 9.17) is 0 Å². The number of hydrogen-bond donors (Lipinski definition) is 1. The number of carbonyl (C=O) groups is 1. The number of aliphatic carboxylic acids is 1. The number of carboxylic acid groups (broad SMARTS) is 1. The minimum atomic E-state index is -3.71. The second-order valence-corrected chi connectivity index (χ2v) is 9.49. The quantitative estimate of drug-likeness (QED) is 0.941. The van der Waals surface area contributed by atoms with E-state index in [9.17, 15) is 14.1 Å². The first-order chi connectivity index (χ1) is 9.37. The predicted molar refractivity (Wildman–Crippen MR) is 80.6 cm³/mol. The van der Waals surface area contributed by atoms with Gasteiger partial charge in [0.25, 0.3) is 0 Å². The normalized spacial score (nSPS) is 15.0. The lowest BCUT2D eigenvalue weighted by Gasteiger charge is -2.42. The number of benzene rings is 2. The molecule has 1 unspecified atom stereocenters. The molecule has 106 valence electrons. The van der Waals surface area contributed by atoms with E-state index in [2.05, 4.69) is 0 Å². The second-order valence-electron chi connectivity index (χ2n) is 5.02. The highest BCUT2D eigenvalue weighted by Crippen LogP contribution is 2.44. The summed E-state index contributed by atoms with van der Waals surface area (Å²) in [5.74, 6) is -1.06. The third kappa shape index (κ3) is 2.06. The van der Waals surface area contributed by atoms with E-state index in [-0.39, 0.29) is 0 Å². The summed E-state index contributed by atoms with van der Waals surface area (Å²) in [4.78, 5) is 12.6. The molecule has 20 heavy (non-hydrogen) atoms. The Morgan fingerprint density at radius 2 is 1.30 bits per heavy atom. The molecule has 0 bridgehead atoms. The monoisotopic (exact) mass is 290 g/mol. The van der Waals surface area contributed by atoms with Gasteiger partial charge in [0, 0.05) is 16.0 Å². The zero-order valence-electron chi connectivity index (χ0n) is 11.5. The molecule has 0 saturated heterocycles. The van der Waals surface area contributed by atoms with Gasteiger partial charge in [-0.3, -0.25) is 9.00 Å². The summed E-state index contributed by atoms with van der Waals surface area (Å²) < 4.78 is 14.0. The largest absolute Gasteiger partial charge is 0.480 e. The van der Waals surface area contributed by atoms with Crippen molar-refractivity contribution in [2.24, 2.45) is 0 Å². The highest BCUT2D eigenvalue weighted by atomic mass is 32.3. The predicted octanol–water partition coefficient (Wildman–Crippen LogP) is 3.03. The van der Waals surface area contributed by atoms with Gasteiger partial charge in [0.15, 0.2) is 0 Å². The molecule has 0 aliphatic rings. The number of hydrogen-bond acceptors (Lipinski definition) is 2. The SMILES string of the molecule is CC(C(=O)O)S(C)(=O)(c1ccccc1)c1ccccc1. The smallest absolute Gasteiger partial charge is 0.317 e. The topological polar surface area (TPSA) is 54.4 Å². The average molecular weight is 290 g/mol. The van der Waals surface area contributed by atoms with E-state index in [0.29, 0.717) is 9.79 Å². The Morgan fingerprint density at radius 1 is 0.950 bits per heavy atom. The molecule has 0 amide bonds. The molecular formula is C16H18O3S. The average Bonchev–Trinajstić information content (AvgIpc) is 2.48. The summed E-state index contributed by atoms with van der Waals surface area (Å²) >= 11 is 0. The molecule has 2 aromatic carbocycles. The van der Waals surface area contributed by atoms with E-state index >= 15 is 0 Å². The molecule has 0 aliphatic carbocycles. The van der Waals surface area contributed by atoms with Crippen LogP contribution in [0.25, 0.3) is 0 Å². The third-order valence-electron chi connectivity index (χ3n) is 3.86. The molecule has 2 aromatic rings. The van der Waals surface area contributed by atoms with Crippen molar-refractivity contribution in [3.63, 3.8) is 0 Å². The van der Waals surface area contributed by atoms with Crippen LogP contribution in [0.5, 0.6) is 0 Å². The Morgan fingerprint density at radius 3 is 1.60 bits per heavy atom. The van der Waals surface area contributed by atoms with Crippen LogP contribution in [0.4, 0.5) is 0 Å². The summed E-state index contributed by atoms with van der Waals surface area (Å²) in [6.45, 7) is 1.51. The maximum absolute atomic E-state index is 14.0. The first kappa shape index (κ1) is 14.5. The molecule has 0 fully saturated rings. The van der Waals surface area contributed by atoms with Gasteiger partial charge < -0.3 is 5.11 Å². The zero-order valence-corrected chi connectivity index (χ0v) is 12.3. The summed E-state index contributed by atoms with van der Waals surface area (Å²) in [7, 11) is -3.71. The highest BCUT2D eigenvalue weighted by molar-refractivity contribution is 8.20. The Bertz CT molecular complexity index is 634. The molecule has 1 atom stereocenters. The van der Waals surface area contributed by atoms with Crippen LogP contribution in [0.3, 0.4) is 0 Å². The van der Waals surface area contributed by atoms with Gasteiger partial charge in [-0.15, -0.1) is 0 Å². The van der Waals surface area contributed by atoms with Crippen LogP contribution in [0.1, 0.15) is 6.92 Å². The van der Waals surface area contributed by atoms with Crippen LogP contribution in [-0.2, 0) is 13.9 Å². The molecule has 0 aromatic heterocycles. The summed E-state index contributed by atoms with van der Waals surface area (Å²) in [6.07, 6.45) is 1.57. The fourth-order valence-corrected chi connectivity index (χ4v) is 5.55. The fraction of sp³-hybridized carbons (Fsp3) is 0.188. The van der Waals surface area contributed by atoms with Crippen molar-refractivity contribution in [2.45, 2.75) is 22.0 Å². The molecule has 3 nitrogen and oxygen atoms in total. The molecule has 0 aliphatic heterocycles. The van der Waals surface area contributed by atoms with E-state index in [0.717, 1.165) is 0 Å². The molecule has 2 rings (SSSR count). The standard InChI is InChI=1S/C16H18O3S/c1-13(16(17)18)20(2,19,14-9-5-3-6-10-14)15-11-7-4-8-12-15/h3-13H,1-2H3,(H,17,18). The third-order valence-corrected chi connectivity index (χ3v) is 8.65. The van der Waals surface area contributed by atoms with Crippen molar-refractivity contribution in [1.82, 2.24) is 0 Å². The van der Waals surface area contributed by atoms with Gasteiger partial charge in [0.1, 0.15) is 5.25 Å². The van der Waals surface area contributed by atoms with Gasteiger partial charge in [0.2, 0.25) is 0 Å². The molecule has 1 N–H and O–H groups in total. The van der Waals surface area contributed by atoms with Crippen LogP contribution >= 0.6 is 0 Å². The lowest BCUT2D eigenvalue weighted by atomic mass is 10.4. The van der Waals surface area contributed by atoms with E-state index in [1.165, 1.54) is 6.92 Å². The van der Waals surface area contributed by atoms with Crippen LogP contribution in [0, 0.1) is 0 Å². The van der Waals surface area contributed by atoms with Crippen molar-refractivity contribution in [1.29, 1.82) is 0 Å². The Kier molecular flexibility index (Phi) is 3.52. The van der Waals surface area contributed by atoms with Crippen molar-refractivity contribution in [2.75, 3.05) is 6.26 Å². The minimum absolute atomic E-state index is 0.561. The van der Waals surface area contributed by atoms with Gasteiger partial charge in [-0.1, -0.05) is 36.4 Å². The van der Waals surface area contributed by atoms with Crippen molar-refractivity contribution >= 4 is 15.0 Å². The van der Waals surface area contributed by atoms with Gasteiger partial charge >= 0.3 is 5.97 Å². The molecular weight excluding hydrogens is 272 g/mol. The Balaban J connectivity index is 2.81. The highest BCUT2D eigenvalue weighted by Gasteiger charge is 2.45. The fourth-order valence-electron chi connectivity index (χ4n) is 2.30. The van der Waals surface area contributed by atoms with Gasteiger partial charge in [-0.25, -0.2) is 0 Å². The lowest BCUT2D eigenvalue weighted by molar-refractivity contribution is -0.136. The van der Waals surface area contributed by atoms with Crippen molar-refractivity contribution in [3.05, 3.63) is 60.7 Å². The maximum Gasteiger partial charge on any atom is 0.317 e. The molecule has 0 radical (unpaired) electrons. The first-order valence-corrected chi connectivity index (χ1v) is 8.77. The lowest BCUT2D eigenvalue weighted by Crippen LogP contribution is -2.46. The van der Waals surface area contributed by atoms with E-state index < -0.39 is 20.3 Å². The molecule has 0 heterocycles. The summed E-state index contributed by atoms with van der Waals surface area (Å²) in [5, 5.41) is 8.43. The van der Waals surface area contributed by atoms with Gasteiger partial charge in [-0.2, -0.15) is 0 Å². The van der Waals surface area contributed by atoms with Crippen molar-refractivity contribution < 1.29 is 14.1 Å². The molecule has 4 heteroatoms. The molecule has 0 spiro atoms. The van der Waals surface area contributed by atoms with Crippen molar-refractivity contribution in [3.8, 4) is 0 Å². The maximum atomic E-state index is 14.0. The summed E-state index contributed by atoms with van der Waals surface area (Å²) in [6, 6.07) is 17.7. The number of rotatable bonds is 4. The Hall–Kier alpha value is -1.94. The van der Waals surface area contributed by atoms with Crippen LogP contribution in [0.2, 0.25) is 0 Å².